The fraction of sp³-hybridized carbons (Fsp3) is 0.133. The van der Waals surface area contributed by atoms with Crippen molar-refractivity contribution in [2.24, 2.45) is 4.99 Å². The maximum atomic E-state index is 5.31. The lowest BCUT2D eigenvalue weighted by Gasteiger charge is -2.07. The van der Waals surface area contributed by atoms with Gasteiger partial charge in [0, 0.05) is 5.69 Å². The molecule has 3 nitrogen and oxygen atoms in total. The summed E-state index contributed by atoms with van der Waals surface area (Å²) in [5.41, 5.74) is 3.42. The molecule has 0 amide bonds. The Morgan fingerprint density at radius 1 is 0.889 bits per heavy atom. The van der Waals surface area contributed by atoms with E-state index >= 15 is 0 Å². The van der Waals surface area contributed by atoms with Gasteiger partial charge in [0.25, 0.3) is 6.02 Å². The number of ether oxygens (including phenoxy) is 1. The summed E-state index contributed by atoms with van der Waals surface area (Å²) in [7, 11) is 0. The average Bonchev–Trinajstić information content (AvgIpc) is 2.94. The minimum atomic E-state index is 0.613. The van der Waals surface area contributed by atoms with E-state index in [-0.39, 0.29) is 0 Å². The number of nitrogens with zero attached hydrogens (tertiary/aromatic N) is 1. The van der Waals surface area contributed by atoms with E-state index in [1.54, 1.807) is 0 Å². The summed E-state index contributed by atoms with van der Waals surface area (Å²) in [6.07, 6.45) is 0. The van der Waals surface area contributed by atoms with Crippen LogP contribution in [0.4, 0.5) is 5.69 Å². The molecule has 1 aliphatic rings. The topological polar surface area (TPSA) is 33.6 Å². The summed E-state index contributed by atoms with van der Waals surface area (Å²) in [5, 5.41) is 3.15. The molecule has 0 bridgehead atoms. The number of aliphatic imine (C=N–C) groups is 1. The van der Waals surface area contributed by atoms with Crippen molar-refractivity contribution in [1.82, 2.24) is 0 Å². The monoisotopic (exact) mass is 238 g/mol. The number of nitrogens with one attached hydrogen (secondary N) is 1. The van der Waals surface area contributed by atoms with Crippen molar-refractivity contribution in [3.8, 4) is 11.1 Å². The van der Waals surface area contributed by atoms with Crippen molar-refractivity contribution in [2.45, 2.75) is 0 Å². The molecule has 1 heterocycles. The molecule has 1 aliphatic heterocycles. The Labute approximate surface area is 106 Å². The highest BCUT2D eigenvalue weighted by atomic mass is 16.5. The minimum Gasteiger partial charge on any atom is -0.463 e. The Hall–Kier alpha value is -2.29. The molecule has 1 N–H and O–H groups in total. The van der Waals surface area contributed by atoms with Gasteiger partial charge in [-0.05, 0) is 23.3 Å². The van der Waals surface area contributed by atoms with Crippen LogP contribution in [0.2, 0.25) is 0 Å². The Bertz CT molecular complexity index is 546. The number of rotatable bonds is 2. The van der Waals surface area contributed by atoms with Crippen molar-refractivity contribution in [2.75, 3.05) is 18.5 Å². The van der Waals surface area contributed by atoms with Gasteiger partial charge in [-0.3, -0.25) is 0 Å². The van der Waals surface area contributed by atoms with Crippen LogP contribution in [0.25, 0.3) is 11.1 Å². The lowest BCUT2D eigenvalue weighted by atomic mass is 10.1. The van der Waals surface area contributed by atoms with E-state index in [1.807, 2.05) is 30.3 Å². The van der Waals surface area contributed by atoms with Gasteiger partial charge >= 0.3 is 0 Å². The van der Waals surface area contributed by atoms with Crippen molar-refractivity contribution in [1.29, 1.82) is 0 Å². The van der Waals surface area contributed by atoms with Crippen LogP contribution in [0.1, 0.15) is 0 Å². The summed E-state index contributed by atoms with van der Waals surface area (Å²) in [4.78, 5) is 4.19. The van der Waals surface area contributed by atoms with Gasteiger partial charge in [-0.2, -0.15) is 0 Å². The van der Waals surface area contributed by atoms with E-state index in [1.165, 1.54) is 11.1 Å². The second kappa shape index (κ2) is 4.92. The first-order chi connectivity index (χ1) is 8.92. The number of benzene rings is 2. The summed E-state index contributed by atoms with van der Waals surface area (Å²) in [6, 6.07) is 19.2. The van der Waals surface area contributed by atoms with E-state index in [0.29, 0.717) is 12.6 Å². The van der Waals surface area contributed by atoms with Crippen molar-refractivity contribution >= 4 is 11.7 Å². The van der Waals surface area contributed by atoms with Crippen LogP contribution >= 0.6 is 0 Å². The Balaban J connectivity index is 1.77. The standard InChI is InChI=1S/C15H14N2O/c1-2-4-12(5-3-1)13-6-8-14(9-7-13)17-15-16-10-11-18-15/h1-9H,10-11H2,(H,16,17). The fourth-order valence-electron chi connectivity index (χ4n) is 1.91. The van der Waals surface area contributed by atoms with Crippen LogP contribution in [-0.4, -0.2) is 19.2 Å². The molecule has 0 fully saturated rings. The molecule has 0 spiro atoms. The summed E-state index contributed by atoms with van der Waals surface area (Å²) in [5.74, 6) is 0. The zero-order chi connectivity index (χ0) is 12.2. The van der Waals surface area contributed by atoms with Crippen LogP contribution in [0.5, 0.6) is 0 Å². The molecule has 0 aliphatic carbocycles. The largest absolute Gasteiger partial charge is 0.463 e. The van der Waals surface area contributed by atoms with E-state index in [9.17, 15) is 0 Å². The predicted octanol–water partition coefficient (Wildman–Crippen LogP) is 3.15. The average molecular weight is 238 g/mol. The van der Waals surface area contributed by atoms with Crippen molar-refractivity contribution in [3.05, 3.63) is 54.6 Å². The van der Waals surface area contributed by atoms with Crippen LogP contribution in [0.3, 0.4) is 0 Å². The normalized spacial score (nSPS) is 13.9. The molecule has 90 valence electrons. The van der Waals surface area contributed by atoms with Crippen LogP contribution in [0, 0.1) is 0 Å². The first-order valence-corrected chi connectivity index (χ1v) is 6.01. The molecule has 2 aromatic carbocycles. The first-order valence-electron chi connectivity index (χ1n) is 6.01. The lowest BCUT2D eigenvalue weighted by Crippen LogP contribution is -2.11. The third-order valence-corrected chi connectivity index (χ3v) is 2.83. The molecule has 0 saturated carbocycles. The molecule has 0 saturated heterocycles. The Morgan fingerprint density at radius 2 is 1.61 bits per heavy atom. The van der Waals surface area contributed by atoms with Crippen LogP contribution in [-0.2, 0) is 4.74 Å². The van der Waals surface area contributed by atoms with Crippen LogP contribution in [0.15, 0.2) is 59.6 Å². The van der Waals surface area contributed by atoms with E-state index in [2.05, 4.69) is 34.6 Å². The molecular formula is C15H14N2O. The highest BCUT2D eigenvalue weighted by Crippen LogP contribution is 2.21. The van der Waals surface area contributed by atoms with Gasteiger partial charge in [-0.1, -0.05) is 42.5 Å². The number of amidine groups is 1. The van der Waals surface area contributed by atoms with Crippen molar-refractivity contribution < 1.29 is 4.74 Å². The second-order valence-electron chi connectivity index (χ2n) is 4.10. The first kappa shape index (κ1) is 10.8. The van der Waals surface area contributed by atoms with Gasteiger partial charge in [-0.25, -0.2) is 4.99 Å². The van der Waals surface area contributed by atoms with E-state index < -0.39 is 0 Å². The van der Waals surface area contributed by atoms with Gasteiger partial charge < -0.3 is 10.1 Å². The minimum absolute atomic E-state index is 0.613. The number of hydrogen-bond donors (Lipinski definition) is 1. The van der Waals surface area contributed by atoms with E-state index in [4.69, 9.17) is 4.74 Å². The van der Waals surface area contributed by atoms with Gasteiger partial charge in [0.15, 0.2) is 0 Å². The van der Waals surface area contributed by atoms with Crippen LogP contribution < -0.4 is 5.32 Å². The lowest BCUT2D eigenvalue weighted by molar-refractivity contribution is 0.346. The van der Waals surface area contributed by atoms with E-state index in [0.717, 1.165) is 12.2 Å². The maximum Gasteiger partial charge on any atom is 0.289 e. The smallest absolute Gasteiger partial charge is 0.289 e. The zero-order valence-corrected chi connectivity index (χ0v) is 9.97. The maximum absolute atomic E-state index is 5.31. The van der Waals surface area contributed by atoms with Gasteiger partial charge in [0.05, 0.1) is 6.54 Å². The molecule has 0 radical (unpaired) electrons. The Kier molecular flexibility index (Phi) is 2.96. The summed E-state index contributed by atoms with van der Waals surface area (Å²) in [6.45, 7) is 1.41. The van der Waals surface area contributed by atoms with Gasteiger partial charge in [0.1, 0.15) is 6.61 Å². The molecule has 3 rings (SSSR count). The summed E-state index contributed by atoms with van der Waals surface area (Å²) < 4.78 is 5.31. The molecular weight excluding hydrogens is 224 g/mol. The Morgan fingerprint density at radius 3 is 2.28 bits per heavy atom. The number of anilines is 1. The van der Waals surface area contributed by atoms with Gasteiger partial charge in [0.2, 0.25) is 0 Å². The highest BCUT2D eigenvalue weighted by molar-refractivity contribution is 5.90. The molecule has 0 atom stereocenters. The molecule has 0 aromatic heterocycles. The zero-order valence-electron chi connectivity index (χ0n) is 9.97. The third kappa shape index (κ3) is 2.35. The predicted molar refractivity (Wildman–Crippen MR) is 73.8 cm³/mol. The highest BCUT2D eigenvalue weighted by Gasteiger charge is 2.06. The SMILES string of the molecule is c1ccc(-c2ccc(NC3=NCCO3)cc2)cc1. The van der Waals surface area contributed by atoms with Gasteiger partial charge in [-0.15, -0.1) is 0 Å². The van der Waals surface area contributed by atoms with Crippen molar-refractivity contribution in [3.63, 3.8) is 0 Å². The third-order valence-electron chi connectivity index (χ3n) is 2.83. The molecule has 2 aromatic rings. The number of hydrogen-bond acceptors (Lipinski definition) is 3. The quantitative estimate of drug-likeness (QED) is 0.872. The summed E-state index contributed by atoms with van der Waals surface area (Å²) >= 11 is 0. The molecule has 18 heavy (non-hydrogen) atoms. The fourth-order valence-corrected chi connectivity index (χ4v) is 1.91. The second-order valence-corrected chi connectivity index (χ2v) is 4.10. The molecule has 3 heteroatoms. The molecule has 0 unspecified atom stereocenters.